The monoisotopic (exact) mass is 311 g/mol. The molecular formula is C15H25N3O4. The highest BCUT2D eigenvalue weighted by Crippen LogP contribution is 2.28. The van der Waals surface area contributed by atoms with E-state index < -0.39 is 17.8 Å². The van der Waals surface area contributed by atoms with Crippen molar-refractivity contribution in [3.05, 3.63) is 22.9 Å². The van der Waals surface area contributed by atoms with Crippen LogP contribution in [-0.4, -0.2) is 38.1 Å². The summed E-state index contributed by atoms with van der Waals surface area (Å²) in [4.78, 5) is 24.1. The van der Waals surface area contributed by atoms with Gasteiger partial charge in [0.15, 0.2) is 0 Å². The van der Waals surface area contributed by atoms with Gasteiger partial charge in [0.25, 0.3) is 0 Å². The third kappa shape index (κ3) is 3.91. The van der Waals surface area contributed by atoms with E-state index in [2.05, 4.69) is 5.32 Å². The molecule has 0 spiro atoms. The van der Waals surface area contributed by atoms with Crippen molar-refractivity contribution in [2.45, 2.75) is 63.8 Å². The molecule has 0 aromatic carbocycles. The normalized spacial score (nSPS) is 25.8. The Bertz CT molecular complexity index is 584. The fourth-order valence-corrected chi connectivity index (χ4v) is 2.79. The van der Waals surface area contributed by atoms with E-state index in [0.29, 0.717) is 19.3 Å². The number of nitrogens with zero attached hydrogens (tertiary/aromatic N) is 2. The van der Waals surface area contributed by atoms with Crippen molar-refractivity contribution in [2.24, 2.45) is 7.05 Å². The summed E-state index contributed by atoms with van der Waals surface area (Å²) in [6.45, 7) is 5.41. The molecular weight excluding hydrogens is 286 g/mol. The van der Waals surface area contributed by atoms with E-state index >= 15 is 0 Å². The van der Waals surface area contributed by atoms with Gasteiger partial charge in [-0.1, -0.05) is 0 Å². The standard InChI is InChI=1S/C15H25N3O4/c1-15(2,3)22-13(20)16-11-6-5-10(19)9-12(11)18-8-7-17(4)14(18)21/h7-8,10-12,19H,5-6,9H2,1-4H3,(H,16,20). The number of aryl methyl sites for hydroxylation is 1. The van der Waals surface area contributed by atoms with Crippen LogP contribution in [0.3, 0.4) is 0 Å². The first-order valence-corrected chi connectivity index (χ1v) is 7.58. The molecule has 124 valence electrons. The molecule has 1 amide bonds. The lowest BCUT2D eigenvalue weighted by atomic mass is 9.88. The second-order valence-electron chi connectivity index (χ2n) is 6.89. The minimum atomic E-state index is -0.572. The lowest BCUT2D eigenvalue weighted by Gasteiger charge is -2.35. The average Bonchev–Trinajstić information content (AvgIpc) is 2.70. The van der Waals surface area contributed by atoms with Gasteiger partial charge in [-0.2, -0.15) is 0 Å². The summed E-state index contributed by atoms with van der Waals surface area (Å²) in [5, 5.41) is 12.8. The first-order chi connectivity index (χ1) is 10.2. The van der Waals surface area contributed by atoms with Crippen LogP contribution in [0, 0.1) is 0 Å². The number of alkyl carbamates (subject to hydrolysis) is 1. The van der Waals surface area contributed by atoms with E-state index in [1.807, 2.05) is 0 Å². The molecule has 1 aromatic heterocycles. The summed E-state index contributed by atoms with van der Waals surface area (Å²) in [7, 11) is 1.67. The summed E-state index contributed by atoms with van der Waals surface area (Å²) >= 11 is 0. The van der Waals surface area contributed by atoms with Crippen molar-refractivity contribution in [1.82, 2.24) is 14.5 Å². The molecule has 1 saturated carbocycles. The van der Waals surface area contributed by atoms with Gasteiger partial charge < -0.3 is 19.7 Å². The van der Waals surface area contributed by atoms with Crippen molar-refractivity contribution in [3.63, 3.8) is 0 Å². The zero-order chi connectivity index (χ0) is 16.5. The van der Waals surface area contributed by atoms with Gasteiger partial charge in [-0.3, -0.25) is 4.57 Å². The summed E-state index contributed by atoms with van der Waals surface area (Å²) in [5.41, 5.74) is -0.729. The predicted molar refractivity (Wildman–Crippen MR) is 81.7 cm³/mol. The topological polar surface area (TPSA) is 85.5 Å². The first kappa shape index (κ1) is 16.6. The number of carbonyl (C=O) groups excluding carboxylic acids is 1. The van der Waals surface area contributed by atoms with E-state index in [9.17, 15) is 14.7 Å². The Balaban J connectivity index is 2.15. The van der Waals surface area contributed by atoms with Gasteiger partial charge in [-0.15, -0.1) is 0 Å². The number of amides is 1. The molecule has 0 bridgehead atoms. The van der Waals surface area contributed by atoms with Crippen LogP contribution in [-0.2, 0) is 11.8 Å². The van der Waals surface area contributed by atoms with Gasteiger partial charge in [0.1, 0.15) is 5.60 Å². The van der Waals surface area contributed by atoms with Gasteiger partial charge in [-0.25, -0.2) is 9.59 Å². The Kier molecular flexibility index (Phi) is 4.65. The molecule has 2 rings (SSSR count). The smallest absolute Gasteiger partial charge is 0.407 e. The number of nitrogens with one attached hydrogen (secondary N) is 1. The third-order valence-corrected chi connectivity index (χ3v) is 3.82. The molecule has 3 unspecified atom stereocenters. The predicted octanol–water partition coefficient (Wildman–Crippen LogP) is 1.17. The Hall–Kier alpha value is -1.76. The highest BCUT2D eigenvalue weighted by Gasteiger charge is 2.34. The van der Waals surface area contributed by atoms with Crippen LogP contribution in [0.25, 0.3) is 0 Å². The van der Waals surface area contributed by atoms with Gasteiger partial charge in [0.05, 0.1) is 18.2 Å². The Morgan fingerprint density at radius 3 is 2.59 bits per heavy atom. The van der Waals surface area contributed by atoms with E-state index in [4.69, 9.17) is 4.74 Å². The van der Waals surface area contributed by atoms with Crippen LogP contribution in [0.2, 0.25) is 0 Å². The number of ether oxygens (including phenoxy) is 1. The maximum Gasteiger partial charge on any atom is 0.407 e. The Morgan fingerprint density at radius 2 is 2.05 bits per heavy atom. The van der Waals surface area contributed by atoms with Crippen LogP contribution in [0.1, 0.15) is 46.1 Å². The zero-order valence-electron chi connectivity index (χ0n) is 13.6. The molecule has 1 heterocycles. The van der Waals surface area contributed by atoms with E-state index in [1.165, 1.54) is 4.57 Å². The zero-order valence-corrected chi connectivity index (χ0v) is 13.6. The van der Waals surface area contributed by atoms with Crippen LogP contribution in [0.5, 0.6) is 0 Å². The highest BCUT2D eigenvalue weighted by molar-refractivity contribution is 5.68. The quantitative estimate of drug-likeness (QED) is 0.858. The number of hydrogen-bond donors (Lipinski definition) is 2. The van der Waals surface area contributed by atoms with Crippen molar-refractivity contribution < 1.29 is 14.6 Å². The van der Waals surface area contributed by atoms with E-state index in [-0.39, 0.29) is 17.8 Å². The van der Waals surface area contributed by atoms with E-state index in [0.717, 1.165) is 0 Å². The molecule has 0 radical (unpaired) electrons. The second kappa shape index (κ2) is 6.16. The van der Waals surface area contributed by atoms with Crippen molar-refractivity contribution in [1.29, 1.82) is 0 Å². The van der Waals surface area contributed by atoms with Gasteiger partial charge in [-0.05, 0) is 40.0 Å². The SMILES string of the molecule is Cn1ccn(C2CC(O)CCC2NC(=O)OC(C)(C)C)c1=O. The Labute approximate surface area is 129 Å². The first-order valence-electron chi connectivity index (χ1n) is 7.58. The third-order valence-electron chi connectivity index (χ3n) is 3.82. The summed E-state index contributed by atoms with van der Waals surface area (Å²) < 4.78 is 8.33. The van der Waals surface area contributed by atoms with Crippen LogP contribution < -0.4 is 11.0 Å². The molecule has 1 fully saturated rings. The molecule has 1 aliphatic carbocycles. The molecule has 22 heavy (non-hydrogen) atoms. The minimum Gasteiger partial charge on any atom is -0.444 e. The number of aromatic nitrogens is 2. The fraction of sp³-hybridized carbons (Fsp3) is 0.733. The van der Waals surface area contributed by atoms with Crippen molar-refractivity contribution >= 4 is 6.09 Å². The molecule has 3 atom stereocenters. The molecule has 7 heteroatoms. The van der Waals surface area contributed by atoms with Crippen molar-refractivity contribution in [3.8, 4) is 0 Å². The summed E-state index contributed by atoms with van der Waals surface area (Å²) in [6.07, 6.45) is 4.04. The average molecular weight is 311 g/mol. The molecule has 0 aliphatic heterocycles. The molecule has 2 N–H and O–H groups in total. The molecule has 1 aromatic rings. The number of carbonyl (C=O) groups is 1. The summed E-state index contributed by atoms with van der Waals surface area (Å²) in [6, 6.07) is -0.511. The lowest BCUT2D eigenvalue weighted by Crippen LogP contribution is -2.48. The fourth-order valence-electron chi connectivity index (χ4n) is 2.79. The van der Waals surface area contributed by atoms with Crippen molar-refractivity contribution in [2.75, 3.05) is 0 Å². The maximum atomic E-state index is 12.1. The molecule has 1 aliphatic rings. The van der Waals surface area contributed by atoms with Crippen LogP contribution >= 0.6 is 0 Å². The second-order valence-corrected chi connectivity index (χ2v) is 6.89. The maximum absolute atomic E-state index is 12.1. The van der Waals surface area contributed by atoms with Crippen LogP contribution in [0.15, 0.2) is 17.2 Å². The molecule has 0 saturated heterocycles. The largest absolute Gasteiger partial charge is 0.444 e. The minimum absolute atomic E-state index is 0.157. The lowest BCUT2D eigenvalue weighted by molar-refractivity contribution is 0.0394. The van der Waals surface area contributed by atoms with E-state index in [1.54, 1.807) is 44.8 Å². The summed E-state index contributed by atoms with van der Waals surface area (Å²) in [5.74, 6) is 0. The highest BCUT2D eigenvalue weighted by atomic mass is 16.6. The molecule has 7 nitrogen and oxygen atoms in total. The number of imidazole rings is 1. The van der Waals surface area contributed by atoms with Gasteiger partial charge in [0, 0.05) is 19.4 Å². The number of aliphatic hydroxyl groups excluding tert-OH is 1. The van der Waals surface area contributed by atoms with Gasteiger partial charge >= 0.3 is 11.8 Å². The number of hydrogen-bond acceptors (Lipinski definition) is 4. The number of rotatable bonds is 2. The number of aliphatic hydroxyl groups is 1. The van der Waals surface area contributed by atoms with Gasteiger partial charge in [0.2, 0.25) is 0 Å². The van der Waals surface area contributed by atoms with Crippen LogP contribution in [0.4, 0.5) is 4.79 Å². The Morgan fingerprint density at radius 1 is 1.36 bits per heavy atom.